The van der Waals surface area contributed by atoms with E-state index >= 15 is 0 Å². The van der Waals surface area contributed by atoms with E-state index in [-0.39, 0.29) is 30.5 Å². The third-order valence-corrected chi connectivity index (χ3v) is 4.75. The molecule has 0 aliphatic carbocycles. The smallest absolute Gasteiger partial charge is 0.260 e. The Morgan fingerprint density at radius 2 is 2.00 bits per heavy atom. The Morgan fingerprint density at radius 3 is 2.72 bits per heavy atom. The fourth-order valence-corrected chi connectivity index (χ4v) is 3.48. The van der Waals surface area contributed by atoms with Crippen LogP contribution in [-0.2, 0) is 16.0 Å². The van der Waals surface area contributed by atoms with Crippen molar-refractivity contribution in [1.82, 2.24) is 10.2 Å². The van der Waals surface area contributed by atoms with E-state index in [0.717, 1.165) is 31.2 Å². The minimum Gasteiger partial charge on any atom is -0.330 e. The lowest BCUT2D eigenvalue weighted by molar-refractivity contribution is -0.135. The molecule has 1 fully saturated rings. The van der Waals surface area contributed by atoms with Gasteiger partial charge in [-0.1, -0.05) is 18.6 Å². The molecule has 0 spiro atoms. The molecule has 4 N–H and O–H groups in total. The van der Waals surface area contributed by atoms with Crippen molar-refractivity contribution in [3.63, 3.8) is 0 Å². The van der Waals surface area contributed by atoms with Crippen molar-refractivity contribution in [2.24, 2.45) is 5.73 Å². The van der Waals surface area contributed by atoms with E-state index in [4.69, 9.17) is 11.1 Å². The number of benzene rings is 1. The van der Waals surface area contributed by atoms with Crippen molar-refractivity contribution in [1.29, 1.82) is 5.41 Å². The number of carbonyl (C=O) groups excluding carboxylic acids is 3. The molecule has 25 heavy (non-hydrogen) atoms. The van der Waals surface area contributed by atoms with E-state index in [2.05, 4.69) is 5.32 Å². The summed E-state index contributed by atoms with van der Waals surface area (Å²) >= 11 is 0. The summed E-state index contributed by atoms with van der Waals surface area (Å²) in [6.07, 6.45) is 4.08. The summed E-state index contributed by atoms with van der Waals surface area (Å²) in [4.78, 5) is 37.5. The molecule has 7 nitrogen and oxygen atoms in total. The van der Waals surface area contributed by atoms with Crippen LogP contribution in [-0.4, -0.2) is 41.0 Å². The van der Waals surface area contributed by atoms with Gasteiger partial charge in [-0.15, -0.1) is 0 Å². The molecule has 0 radical (unpaired) electrons. The van der Waals surface area contributed by atoms with Crippen LogP contribution in [0.5, 0.6) is 0 Å². The lowest BCUT2D eigenvalue weighted by atomic mass is 9.98. The second-order valence-electron chi connectivity index (χ2n) is 6.43. The molecule has 132 valence electrons. The van der Waals surface area contributed by atoms with Gasteiger partial charge in [-0.25, -0.2) is 0 Å². The first-order valence-electron chi connectivity index (χ1n) is 8.62. The van der Waals surface area contributed by atoms with Crippen LogP contribution >= 0.6 is 0 Å². The zero-order chi connectivity index (χ0) is 18.0. The molecule has 0 bridgehead atoms. The maximum absolute atomic E-state index is 12.8. The summed E-state index contributed by atoms with van der Waals surface area (Å²) in [6, 6.07) is 4.64. The monoisotopic (exact) mass is 342 g/mol. The molecular formula is C18H22N4O3. The number of amidine groups is 1. The van der Waals surface area contributed by atoms with Crippen LogP contribution in [0, 0.1) is 5.41 Å². The van der Waals surface area contributed by atoms with Crippen LogP contribution in [0.4, 0.5) is 0 Å². The zero-order valence-electron chi connectivity index (χ0n) is 14.0. The summed E-state index contributed by atoms with van der Waals surface area (Å²) in [5.74, 6) is -1.12. The van der Waals surface area contributed by atoms with Gasteiger partial charge >= 0.3 is 0 Å². The summed E-state index contributed by atoms with van der Waals surface area (Å²) in [5, 5.41) is 10.7. The van der Waals surface area contributed by atoms with Crippen molar-refractivity contribution in [2.75, 3.05) is 6.54 Å². The van der Waals surface area contributed by atoms with Gasteiger partial charge < -0.3 is 5.73 Å². The largest absolute Gasteiger partial charge is 0.330 e. The van der Waals surface area contributed by atoms with Crippen LogP contribution < -0.4 is 11.1 Å². The maximum Gasteiger partial charge on any atom is 0.260 e. The average molecular weight is 342 g/mol. The Bertz CT molecular complexity index is 744. The first-order valence-corrected chi connectivity index (χ1v) is 8.62. The van der Waals surface area contributed by atoms with Gasteiger partial charge in [-0.2, -0.15) is 0 Å². The second-order valence-corrected chi connectivity index (χ2v) is 6.43. The van der Waals surface area contributed by atoms with Gasteiger partial charge in [0.1, 0.15) is 11.9 Å². The molecule has 2 aliphatic heterocycles. The molecule has 3 rings (SSSR count). The molecule has 1 aromatic carbocycles. The maximum atomic E-state index is 12.8. The summed E-state index contributed by atoms with van der Waals surface area (Å²) in [7, 11) is 0. The number of carbonyl (C=O) groups is 3. The van der Waals surface area contributed by atoms with Gasteiger partial charge in [-0.05, 0) is 43.9 Å². The SMILES string of the molecule is N=C1c2c(CCCCCN)cccc2C(=O)N1C1CCC(=O)NC1=O. The number of nitrogens with one attached hydrogen (secondary N) is 2. The van der Waals surface area contributed by atoms with Crippen LogP contribution in [0.2, 0.25) is 0 Å². The topological polar surface area (TPSA) is 116 Å². The van der Waals surface area contributed by atoms with Crippen LogP contribution in [0.15, 0.2) is 18.2 Å². The Balaban J connectivity index is 1.84. The molecule has 0 aromatic heterocycles. The van der Waals surface area contributed by atoms with Crippen LogP contribution in [0.3, 0.4) is 0 Å². The first kappa shape index (κ1) is 17.3. The quantitative estimate of drug-likeness (QED) is 0.527. The van der Waals surface area contributed by atoms with Crippen LogP contribution in [0.1, 0.15) is 53.6 Å². The van der Waals surface area contributed by atoms with Gasteiger partial charge in [0.25, 0.3) is 5.91 Å². The Kier molecular flexibility index (Phi) is 4.94. The molecule has 2 heterocycles. The summed E-state index contributed by atoms with van der Waals surface area (Å²) in [6.45, 7) is 0.657. The third-order valence-electron chi connectivity index (χ3n) is 4.75. The number of fused-ring (bicyclic) bond motifs is 1. The molecule has 1 unspecified atom stereocenters. The summed E-state index contributed by atoms with van der Waals surface area (Å²) in [5.41, 5.74) is 7.54. The molecule has 1 atom stereocenters. The molecular weight excluding hydrogens is 320 g/mol. The predicted octanol–water partition coefficient (Wildman–Crippen LogP) is 0.944. The van der Waals surface area contributed by atoms with E-state index in [1.807, 2.05) is 12.1 Å². The molecule has 3 amide bonds. The zero-order valence-corrected chi connectivity index (χ0v) is 14.0. The van der Waals surface area contributed by atoms with E-state index in [1.54, 1.807) is 6.07 Å². The number of imide groups is 1. The molecule has 0 saturated carbocycles. The fourth-order valence-electron chi connectivity index (χ4n) is 3.48. The predicted molar refractivity (Wildman–Crippen MR) is 92.2 cm³/mol. The molecule has 7 heteroatoms. The minimum atomic E-state index is -0.796. The van der Waals surface area contributed by atoms with Gasteiger partial charge in [0.2, 0.25) is 11.8 Å². The van der Waals surface area contributed by atoms with Gasteiger partial charge in [0.05, 0.1) is 5.56 Å². The van der Waals surface area contributed by atoms with Crippen molar-refractivity contribution >= 4 is 23.6 Å². The van der Waals surface area contributed by atoms with E-state index in [0.29, 0.717) is 17.7 Å². The van der Waals surface area contributed by atoms with Crippen molar-refractivity contribution in [3.05, 3.63) is 34.9 Å². The number of unbranched alkanes of at least 4 members (excludes halogenated alkanes) is 2. The van der Waals surface area contributed by atoms with Gasteiger partial charge in [0, 0.05) is 12.0 Å². The van der Waals surface area contributed by atoms with Gasteiger partial charge in [0.15, 0.2) is 0 Å². The molecule has 1 saturated heterocycles. The number of hydrogen-bond donors (Lipinski definition) is 3. The molecule has 1 aromatic rings. The number of rotatable bonds is 6. The fraction of sp³-hybridized carbons (Fsp3) is 0.444. The number of amides is 3. The Morgan fingerprint density at radius 1 is 1.20 bits per heavy atom. The standard InChI is InChI=1S/C18H22N4O3/c19-10-3-1-2-5-11-6-4-7-12-15(11)16(20)22(18(12)25)13-8-9-14(23)21-17(13)24/h4,6-7,13,20H,1-3,5,8-10,19H2,(H,21,23,24). The number of piperidine rings is 1. The molecule has 2 aliphatic rings. The second kappa shape index (κ2) is 7.14. The number of nitrogens with two attached hydrogens (primary N) is 1. The first-order chi connectivity index (χ1) is 12.0. The van der Waals surface area contributed by atoms with Crippen molar-refractivity contribution in [3.8, 4) is 0 Å². The highest BCUT2D eigenvalue weighted by Gasteiger charge is 2.43. The third kappa shape index (κ3) is 3.19. The number of nitrogens with zero attached hydrogens (tertiary/aromatic N) is 1. The number of hydrogen-bond acceptors (Lipinski definition) is 5. The van der Waals surface area contributed by atoms with Crippen molar-refractivity contribution in [2.45, 2.75) is 44.6 Å². The van der Waals surface area contributed by atoms with E-state index < -0.39 is 11.9 Å². The normalized spacial score (nSPS) is 20.0. The van der Waals surface area contributed by atoms with Crippen molar-refractivity contribution < 1.29 is 14.4 Å². The lowest BCUT2D eigenvalue weighted by Gasteiger charge is -2.29. The summed E-state index contributed by atoms with van der Waals surface area (Å²) < 4.78 is 0. The highest BCUT2D eigenvalue weighted by molar-refractivity contribution is 6.24. The number of aryl methyl sites for hydroxylation is 1. The van der Waals surface area contributed by atoms with E-state index in [9.17, 15) is 14.4 Å². The Hall–Kier alpha value is -2.54. The minimum absolute atomic E-state index is 0.0592. The highest BCUT2D eigenvalue weighted by atomic mass is 16.2. The lowest BCUT2D eigenvalue weighted by Crippen LogP contribution is -2.54. The highest BCUT2D eigenvalue weighted by Crippen LogP contribution is 2.30. The average Bonchev–Trinajstić information content (AvgIpc) is 2.84. The van der Waals surface area contributed by atoms with Crippen LogP contribution in [0.25, 0.3) is 0 Å². The van der Waals surface area contributed by atoms with Gasteiger partial charge in [-0.3, -0.25) is 30.0 Å². The Labute approximate surface area is 146 Å². The van der Waals surface area contributed by atoms with E-state index in [1.165, 1.54) is 4.90 Å².